The number of anilines is 1. The largest absolute Gasteiger partial charge is 0.497 e. The molecule has 2 heterocycles. The van der Waals surface area contributed by atoms with E-state index in [1.165, 1.54) is 0 Å². The Morgan fingerprint density at radius 3 is 2.52 bits per heavy atom. The molecule has 2 aromatic carbocycles. The van der Waals surface area contributed by atoms with Crippen molar-refractivity contribution in [1.29, 1.82) is 0 Å². The molecule has 0 bridgehead atoms. The van der Waals surface area contributed by atoms with E-state index in [-0.39, 0.29) is 5.91 Å². The first-order valence-electron chi connectivity index (χ1n) is 8.92. The molecule has 2 aromatic heterocycles. The van der Waals surface area contributed by atoms with Gasteiger partial charge in [-0.25, -0.2) is 4.68 Å². The van der Waals surface area contributed by atoms with Crippen molar-refractivity contribution in [1.82, 2.24) is 9.78 Å². The maximum absolute atomic E-state index is 13.2. The van der Waals surface area contributed by atoms with Gasteiger partial charge in [0.15, 0.2) is 0 Å². The van der Waals surface area contributed by atoms with Gasteiger partial charge >= 0.3 is 0 Å². The number of thiophene rings is 1. The molecule has 7 heteroatoms. The summed E-state index contributed by atoms with van der Waals surface area (Å²) in [6.07, 6.45) is 0. The molecule has 0 aliphatic heterocycles. The molecule has 4 aromatic rings. The third-order valence-corrected chi connectivity index (χ3v) is 5.27. The van der Waals surface area contributed by atoms with Crippen LogP contribution in [0.2, 0.25) is 0 Å². The summed E-state index contributed by atoms with van der Waals surface area (Å²) in [6, 6.07) is 20.6. The predicted molar refractivity (Wildman–Crippen MR) is 114 cm³/mol. The second-order valence-corrected chi connectivity index (χ2v) is 7.11. The van der Waals surface area contributed by atoms with Crippen molar-refractivity contribution in [3.63, 3.8) is 0 Å². The average molecular weight is 405 g/mol. The van der Waals surface area contributed by atoms with E-state index in [1.54, 1.807) is 54.5 Å². The predicted octanol–water partition coefficient (Wildman–Crippen LogP) is 4.87. The lowest BCUT2D eigenvalue weighted by atomic mass is 10.2. The van der Waals surface area contributed by atoms with Gasteiger partial charge in [-0.3, -0.25) is 4.79 Å². The Morgan fingerprint density at radius 1 is 1.00 bits per heavy atom. The van der Waals surface area contributed by atoms with Gasteiger partial charge in [0.1, 0.15) is 22.9 Å². The monoisotopic (exact) mass is 405 g/mol. The molecule has 0 atom stereocenters. The number of methoxy groups -OCH3 is 2. The normalized spacial score (nSPS) is 10.6. The molecule has 0 saturated heterocycles. The topological polar surface area (TPSA) is 65.4 Å². The Kier molecular flexibility index (Phi) is 5.31. The zero-order valence-electron chi connectivity index (χ0n) is 16.0. The lowest BCUT2D eigenvalue weighted by Crippen LogP contribution is -2.17. The van der Waals surface area contributed by atoms with Crippen molar-refractivity contribution in [3.05, 3.63) is 77.8 Å². The van der Waals surface area contributed by atoms with Gasteiger partial charge in [0.25, 0.3) is 5.91 Å². The molecule has 0 saturated carbocycles. The van der Waals surface area contributed by atoms with Gasteiger partial charge < -0.3 is 14.8 Å². The van der Waals surface area contributed by atoms with Crippen molar-refractivity contribution in [2.24, 2.45) is 0 Å². The summed E-state index contributed by atoms with van der Waals surface area (Å²) < 4.78 is 12.3. The van der Waals surface area contributed by atoms with E-state index >= 15 is 0 Å². The van der Waals surface area contributed by atoms with E-state index in [0.717, 1.165) is 16.3 Å². The quantitative estimate of drug-likeness (QED) is 0.497. The SMILES string of the molecule is COc1ccc(NC(=O)c2cc(-c3cccs3)nn2-c2ccccc2)c(OC)c1. The van der Waals surface area contributed by atoms with E-state index in [4.69, 9.17) is 9.47 Å². The molecule has 1 N–H and O–H groups in total. The minimum Gasteiger partial charge on any atom is -0.497 e. The van der Waals surface area contributed by atoms with Crippen LogP contribution < -0.4 is 14.8 Å². The second-order valence-electron chi connectivity index (χ2n) is 6.16. The van der Waals surface area contributed by atoms with Crippen LogP contribution in [0.25, 0.3) is 16.3 Å². The third-order valence-electron chi connectivity index (χ3n) is 4.37. The number of aromatic nitrogens is 2. The Balaban J connectivity index is 1.73. The lowest BCUT2D eigenvalue weighted by molar-refractivity contribution is 0.101. The fourth-order valence-corrected chi connectivity index (χ4v) is 3.62. The molecule has 4 rings (SSSR count). The molecule has 0 fully saturated rings. The fourth-order valence-electron chi connectivity index (χ4n) is 2.94. The number of hydrogen-bond donors (Lipinski definition) is 1. The molecule has 0 aliphatic rings. The first-order chi connectivity index (χ1) is 14.2. The highest BCUT2D eigenvalue weighted by molar-refractivity contribution is 7.13. The van der Waals surface area contributed by atoms with E-state index in [1.807, 2.05) is 47.8 Å². The number of ether oxygens (including phenoxy) is 2. The Morgan fingerprint density at radius 2 is 1.83 bits per heavy atom. The minimum atomic E-state index is -0.285. The van der Waals surface area contributed by atoms with Crippen molar-refractivity contribution < 1.29 is 14.3 Å². The van der Waals surface area contributed by atoms with Crippen LogP contribution >= 0.6 is 11.3 Å². The minimum absolute atomic E-state index is 0.285. The van der Waals surface area contributed by atoms with Crippen LogP contribution in [0.3, 0.4) is 0 Å². The maximum atomic E-state index is 13.2. The van der Waals surface area contributed by atoms with Crippen LogP contribution in [-0.4, -0.2) is 29.9 Å². The number of carbonyl (C=O) groups is 1. The van der Waals surface area contributed by atoms with E-state index in [0.29, 0.717) is 22.9 Å². The fraction of sp³-hybridized carbons (Fsp3) is 0.0909. The van der Waals surface area contributed by atoms with E-state index < -0.39 is 0 Å². The number of para-hydroxylation sites is 1. The first kappa shape index (κ1) is 18.8. The van der Waals surface area contributed by atoms with Crippen molar-refractivity contribution in [3.8, 4) is 27.8 Å². The molecule has 1 amide bonds. The number of amides is 1. The molecular formula is C22H19N3O3S. The molecule has 29 heavy (non-hydrogen) atoms. The summed E-state index contributed by atoms with van der Waals surface area (Å²) in [5.41, 5.74) is 2.53. The summed E-state index contributed by atoms with van der Waals surface area (Å²) in [5, 5.41) is 9.58. The summed E-state index contributed by atoms with van der Waals surface area (Å²) in [6.45, 7) is 0. The van der Waals surface area contributed by atoms with Gasteiger partial charge in [0, 0.05) is 6.07 Å². The van der Waals surface area contributed by atoms with Gasteiger partial charge in [-0.2, -0.15) is 5.10 Å². The Bertz CT molecular complexity index is 1120. The maximum Gasteiger partial charge on any atom is 0.274 e. The van der Waals surface area contributed by atoms with Crippen LogP contribution in [0.15, 0.2) is 72.1 Å². The third kappa shape index (κ3) is 3.86. The number of rotatable bonds is 6. The van der Waals surface area contributed by atoms with Crippen LogP contribution in [0, 0.1) is 0 Å². The van der Waals surface area contributed by atoms with Gasteiger partial charge in [0.05, 0.1) is 30.5 Å². The van der Waals surface area contributed by atoms with Crippen LogP contribution in [0.4, 0.5) is 5.69 Å². The Labute approximate surface area is 172 Å². The van der Waals surface area contributed by atoms with Gasteiger partial charge in [-0.1, -0.05) is 24.3 Å². The molecule has 0 unspecified atom stereocenters. The molecule has 6 nitrogen and oxygen atoms in total. The number of carbonyl (C=O) groups excluding carboxylic acids is 1. The average Bonchev–Trinajstić information content (AvgIpc) is 3.44. The molecular weight excluding hydrogens is 386 g/mol. The zero-order chi connectivity index (χ0) is 20.2. The first-order valence-corrected chi connectivity index (χ1v) is 9.80. The summed E-state index contributed by atoms with van der Waals surface area (Å²) in [7, 11) is 3.13. The smallest absolute Gasteiger partial charge is 0.274 e. The zero-order valence-corrected chi connectivity index (χ0v) is 16.8. The summed E-state index contributed by atoms with van der Waals surface area (Å²) in [4.78, 5) is 14.2. The van der Waals surface area contributed by atoms with E-state index in [2.05, 4.69) is 10.4 Å². The second kappa shape index (κ2) is 8.20. The number of nitrogens with zero attached hydrogens (tertiary/aromatic N) is 2. The van der Waals surface area contributed by atoms with Gasteiger partial charge in [-0.15, -0.1) is 11.3 Å². The van der Waals surface area contributed by atoms with Crippen molar-refractivity contribution in [2.75, 3.05) is 19.5 Å². The summed E-state index contributed by atoms with van der Waals surface area (Å²) >= 11 is 1.58. The van der Waals surface area contributed by atoms with Crippen LogP contribution in [0.1, 0.15) is 10.5 Å². The highest BCUT2D eigenvalue weighted by atomic mass is 32.1. The molecule has 0 aliphatic carbocycles. The Hall–Kier alpha value is -3.58. The van der Waals surface area contributed by atoms with Crippen LogP contribution in [-0.2, 0) is 0 Å². The standard InChI is InChI=1S/C22H19N3O3S/c1-27-16-10-11-17(20(13-16)28-2)23-22(26)19-14-18(21-9-6-12-29-21)24-25(19)15-7-4-3-5-8-15/h3-14H,1-2H3,(H,23,26). The molecule has 0 spiro atoms. The van der Waals surface area contributed by atoms with E-state index in [9.17, 15) is 4.79 Å². The van der Waals surface area contributed by atoms with Crippen molar-refractivity contribution >= 4 is 22.9 Å². The highest BCUT2D eigenvalue weighted by Crippen LogP contribution is 2.30. The van der Waals surface area contributed by atoms with Crippen molar-refractivity contribution in [2.45, 2.75) is 0 Å². The molecule has 0 radical (unpaired) electrons. The number of nitrogens with one attached hydrogen (secondary N) is 1. The number of benzene rings is 2. The van der Waals surface area contributed by atoms with Gasteiger partial charge in [-0.05, 0) is 41.8 Å². The number of hydrogen-bond acceptors (Lipinski definition) is 5. The highest BCUT2D eigenvalue weighted by Gasteiger charge is 2.19. The molecule has 146 valence electrons. The van der Waals surface area contributed by atoms with Crippen LogP contribution in [0.5, 0.6) is 11.5 Å². The lowest BCUT2D eigenvalue weighted by Gasteiger charge is -2.12. The van der Waals surface area contributed by atoms with Gasteiger partial charge in [0.2, 0.25) is 0 Å². The summed E-state index contributed by atoms with van der Waals surface area (Å²) in [5.74, 6) is 0.878.